The molecule has 0 fully saturated rings. The second-order valence-corrected chi connectivity index (χ2v) is 10.6. The first-order valence-corrected chi connectivity index (χ1v) is 13.3. The number of amides is 1. The summed E-state index contributed by atoms with van der Waals surface area (Å²) in [5.74, 6) is 1.24. The average molecular weight is 524 g/mol. The van der Waals surface area contributed by atoms with E-state index in [1.54, 1.807) is 19.1 Å². The van der Waals surface area contributed by atoms with Crippen LogP contribution in [0.4, 0.5) is 0 Å². The van der Waals surface area contributed by atoms with Gasteiger partial charge >= 0.3 is 0 Å². The molecular weight excluding hydrogens is 498 g/mol. The van der Waals surface area contributed by atoms with Crippen molar-refractivity contribution in [1.29, 1.82) is 0 Å². The molecule has 1 heterocycles. The number of rotatable bonds is 12. The van der Waals surface area contributed by atoms with Crippen LogP contribution in [0.3, 0.4) is 0 Å². The normalized spacial score (nSPS) is 11.5. The summed E-state index contributed by atoms with van der Waals surface area (Å²) in [7, 11) is -4.02. The van der Waals surface area contributed by atoms with Crippen molar-refractivity contribution in [3.63, 3.8) is 0 Å². The van der Waals surface area contributed by atoms with Gasteiger partial charge in [0.15, 0.2) is 0 Å². The van der Waals surface area contributed by atoms with E-state index >= 15 is 0 Å². The number of carbonyl (C=O) groups excluding carboxylic acids is 1. The summed E-state index contributed by atoms with van der Waals surface area (Å²) >= 11 is 7.61. The predicted molar refractivity (Wildman–Crippen MR) is 132 cm³/mol. The highest BCUT2D eigenvalue weighted by Crippen LogP contribution is 2.29. The third-order valence-corrected chi connectivity index (χ3v) is 7.53. The fraction of sp³-hybridized carbons (Fsp3) is 0.318. The van der Waals surface area contributed by atoms with Gasteiger partial charge in [0, 0.05) is 18.8 Å². The number of aromatic nitrogens is 3. The number of hydrogen-bond donors (Lipinski definition) is 2. The van der Waals surface area contributed by atoms with Gasteiger partial charge in [-0.25, -0.2) is 13.4 Å². The minimum Gasteiger partial charge on any atom is -0.492 e. The highest BCUT2D eigenvalue weighted by molar-refractivity contribution is 7.99. The van der Waals surface area contributed by atoms with Crippen LogP contribution in [0.25, 0.3) is 0 Å². The Labute approximate surface area is 208 Å². The molecule has 34 heavy (non-hydrogen) atoms. The molecule has 0 unspecified atom stereocenters. The van der Waals surface area contributed by atoms with Crippen molar-refractivity contribution in [2.24, 2.45) is 0 Å². The number of benzene rings is 2. The van der Waals surface area contributed by atoms with Crippen molar-refractivity contribution < 1.29 is 17.9 Å². The van der Waals surface area contributed by atoms with Crippen LogP contribution in [0.2, 0.25) is 5.02 Å². The lowest BCUT2D eigenvalue weighted by Crippen LogP contribution is -2.40. The van der Waals surface area contributed by atoms with Crippen LogP contribution in [-0.4, -0.2) is 59.3 Å². The Morgan fingerprint density at radius 1 is 1.24 bits per heavy atom. The van der Waals surface area contributed by atoms with E-state index in [1.807, 2.05) is 25.1 Å². The van der Waals surface area contributed by atoms with Gasteiger partial charge in [0.25, 0.3) is 0 Å². The molecule has 12 heteroatoms. The first-order valence-electron chi connectivity index (χ1n) is 10.5. The molecule has 9 nitrogen and oxygen atoms in total. The smallest absolute Gasteiger partial charge is 0.243 e. The fourth-order valence-electron chi connectivity index (χ4n) is 3.01. The molecule has 0 saturated heterocycles. The quantitative estimate of drug-likeness (QED) is 0.276. The molecule has 1 aromatic heterocycles. The molecule has 0 aliphatic rings. The van der Waals surface area contributed by atoms with Crippen molar-refractivity contribution >= 4 is 39.3 Å². The standard InChI is InChI=1S/C22H26ClN5O4S2/c1-3-32-20-10-9-18(13-19(20)23)34(30,31)28(14-17-7-5-4-6-8-17)15-21(29)24-11-12-33-22-25-16(2)26-27-22/h4-10,13H,3,11-12,14-15H2,1-2H3,(H,24,29)(H,25,26,27). The Morgan fingerprint density at radius 3 is 2.65 bits per heavy atom. The summed E-state index contributed by atoms with van der Waals surface area (Å²) in [6, 6.07) is 13.4. The number of halogens is 1. The van der Waals surface area contributed by atoms with Gasteiger partial charge in [0.1, 0.15) is 11.6 Å². The molecule has 0 aliphatic heterocycles. The van der Waals surface area contributed by atoms with Crippen molar-refractivity contribution in [2.45, 2.75) is 30.4 Å². The number of ether oxygens (including phenoxy) is 1. The van der Waals surface area contributed by atoms with Crippen molar-refractivity contribution in [3.8, 4) is 5.75 Å². The maximum atomic E-state index is 13.4. The molecule has 1 amide bonds. The zero-order valence-electron chi connectivity index (χ0n) is 18.8. The Bertz CT molecular complexity index is 1210. The summed E-state index contributed by atoms with van der Waals surface area (Å²) in [6.45, 7) is 4.05. The molecule has 2 N–H and O–H groups in total. The average Bonchev–Trinajstić information content (AvgIpc) is 3.23. The number of hydrogen-bond acceptors (Lipinski definition) is 7. The number of aromatic amines is 1. The van der Waals surface area contributed by atoms with E-state index in [2.05, 4.69) is 20.5 Å². The Balaban J connectivity index is 1.71. The van der Waals surface area contributed by atoms with Crippen molar-refractivity contribution in [3.05, 3.63) is 64.9 Å². The molecule has 0 atom stereocenters. The van der Waals surface area contributed by atoms with Crippen LogP contribution >= 0.6 is 23.4 Å². The van der Waals surface area contributed by atoms with E-state index < -0.39 is 15.9 Å². The van der Waals surface area contributed by atoms with Gasteiger partial charge < -0.3 is 10.1 Å². The number of H-pyrrole nitrogens is 1. The maximum absolute atomic E-state index is 13.4. The van der Waals surface area contributed by atoms with E-state index in [1.165, 1.54) is 30.0 Å². The van der Waals surface area contributed by atoms with Crippen LogP contribution in [-0.2, 0) is 21.4 Å². The molecule has 2 aromatic carbocycles. The summed E-state index contributed by atoms with van der Waals surface area (Å²) < 4.78 is 33.4. The largest absolute Gasteiger partial charge is 0.492 e. The molecule has 0 radical (unpaired) electrons. The van der Waals surface area contributed by atoms with E-state index in [0.29, 0.717) is 35.6 Å². The van der Waals surface area contributed by atoms with Crippen LogP contribution < -0.4 is 10.1 Å². The first-order chi connectivity index (χ1) is 16.3. The number of sulfonamides is 1. The fourth-order valence-corrected chi connectivity index (χ4v) is 5.42. The Morgan fingerprint density at radius 2 is 2.00 bits per heavy atom. The molecule has 0 spiro atoms. The van der Waals surface area contributed by atoms with Crippen LogP contribution in [0.5, 0.6) is 5.75 Å². The summed E-state index contributed by atoms with van der Waals surface area (Å²) in [6.07, 6.45) is 0. The van der Waals surface area contributed by atoms with Crippen LogP contribution in [0, 0.1) is 6.92 Å². The zero-order valence-corrected chi connectivity index (χ0v) is 21.2. The lowest BCUT2D eigenvalue weighted by molar-refractivity contribution is -0.121. The molecule has 3 rings (SSSR count). The van der Waals surface area contributed by atoms with Gasteiger partial charge in [-0.15, -0.1) is 5.10 Å². The van der Waals surface area contributed by atoms with Crippen LogP contribution in [0.15, 0.2) is 58.6 Å². The molecular formula is C22H26ClN5O4S2. The van der Waals surface area contributed by atoms with Gasteiger partial charge in [-0.3, -0.25) is 9.89 Å². The van der Waals surface area contributed by atoms with E-state index in [9.17, 15) is 13.2 Å². The van der Waals surface area contributed by atoms with E-state index in [-0.39, 0.29) is 23.0 Å². The lowest BCUT2D eigenvalue weighted by Gasteiger charge is -2.22. The Hall–Kier alpha value is -2.60. The number of nitrogens with one attached hydrogen (secondary N) is 2. The van der Waals surface area contributed by atoms with E-state index in [4.69, 9.17) is 16.3 Å². The lowest BCUT2D eigenvalue weighted by atomic mass is 10.2. The summed E-state index contributed by atoms with van der Waals surface area (Å²) in [5, 5.41) is 10.3. The number of carbonyl (C=O) groups is 1. The third-order valence-electron chi connectivity index (χ3n) is 4.59. The molecule has 0 saturated carbocycles. The zero-order chi connectivity index (χ0) is 24.6. The first kappa shape index (κ1) is 26.0. The number of thioether (sulfide) groups is 1. The van der Waals surface area contributed by atoms with Crippen LogP contribution in [0.1, 0.15) is 18.3 Å². The molecule has 3 aromatic rings. The monoisotopic (exact) mass is 523 g/mol. The predicted octanol–water partition coefficient (Wildman–Crippen LogP) is 3.26. The number of nitrogens with zero attached hydrogens (tertiary/aromatic N) is 3. The topological polar surface area (TPSA) is 117 Å². The van der Waals surface area contributed by atoms with Crippen molar-refractivity contribution in [1.82, 2.24) is 24.8 Å². The molecule has 182 valence electrons. The van der Waals surface area contributed by atoms with Gasteiger partial charge in [-0.2, -0.15) is 4.31 Å². The highest BCUT2D eigenvalue weighted by Gasteiger charge is 2.27. The Kier molecular flexibility index (Phi) is 9.34. The van der Waals surface area contributed by atoms with Gasteiger partial charge in [-0.1, -0.05) is 53.7 Å². The van der Waals surface area contributed by atoms with Crippen molar-refractivity contribution in [2.75, 3.05) is 25.4 Å². The van der Waals surface area contributed by atoms with Gasteiger partial charge in [0.2, 0.25) is 21.1 Å². The second kappa shape index (κ2) is 12.2. The number of aryl methyl sites for hydroxylation is 1. The third kappa shape index (κ3) is 7.20. The minimum atomic E-state index is -4.02. The SMILES string of the molecule is CCOc1ccc(S(=O)(=O)N(CC(=O)NCCSc2n[nH]c(C)n2)Cc2ccccc2)cc1Cl. The summed E-state index contributed by atoms with van der Waals surface area (Å²) in [5.41, 5.74) is 0.756. The van der Waals surface area contributed by atoms with E-state index in [0.717, 1.165) is 9.87 Å². The highest BCUT2D eigenvalue weighted by atomic mass is 35.5. The maximum Gasteiger partial charge on any atom is 0.243 e. The van der Waals surface area contributed by atoms with Gasteiger partial charge in [0.05, 0.1) is 23.1 Å². The second-order valence-electron chi connectivity index (χ2n) is 7.19. The minimum absolute atomic E-state index is 0.0137. The summed E-state index contributed by atoms with van der Waals surface area (Å²) in [4.78, 5) is 16.8. The molecule has 0 aliphatic carbocycles. The van der Waals surface area contributed by atoms with Gasteiger partial charge in [-0.05, 0) is 37.6 Å². The molecule has 0 bridgehead atoms.